The van der Waals surface area contributed by atoms with Gasteiger partial charge in [0.15, 0.2) is 0 Å². The number of rotatable bonds is 0. The quantitative estimate of drug-likeness (QED) is 0.525. The normalized spacial score (nSPS) is 4.40. The van der Waals surface area contributed by atoms with Crippen molar-refractivity contribution in [2.24, 2.45) is 0 Å². The summed E-state index contributed by atoms with van der Waals surface area (Å²) in [6.45, 7) is 0. The molecule has 0 radical (unpaired) electrons. The topological polar surface area (TPSA) is 67.0 Å². The van der Waals surface area contributed by atoms with Crippen molar-refractivity contribution in [3.05, 3.63) is 12.3 Å². The van der Waals surface area contributed by atoms with E-state index in [1.807, 2.05) is 0 Å². The first-order chi connectivity index (χ1) is 1.41. The molecule has 0 heterocycles. The van der Waals surface area contributed by atoms with Gasteiger partial charge in [-0.2, -0.15) is 0 Å². The first-order valence-corrected chi connectivity index (χ1v) is 3.12. The molecular weight excluding hydrogens is 158 g/mol. The first-order valence-electron chi connectivity index (χ1n) is 0.252. The monoisotopic (exact) mass is 161 g/mol. The third kappa shape index (κ3) is 44.7. The van der Waals surface area contributed by atoms with Crippen molar-refractivity contribution in [1.29, 1.82) is 0 Å². The van der Waals surface area contributed by atoms with Crippen LogP contribution in [0.5, 0.6) is 0 Å². The van der Waals surface area contributed by atoms with Gasteiger partial charge in [0.1, 0.15) is 0 Å². The summed E-state index contributed by atoms with van der Waals surface area (Å²) in [5.41, 5.74) is 0. The molecule has 2 nitrogen and oxygen atoms in total. The fourth-order valence-corrected chi connectivity index (χ4v) is 0. The van der Waals surface area contributed by atoms with Gasteiger partial charge in [0.25, 0.3) is 0 Å². The molecule has 0 unspecified atom stereocenters. The van der Waals surface area contributed by atoms with E-state index in [0.717, 1.165) is 0 Å². The molecule has 0 aliphatic rings. The number of halogens is 2. The van der Waals surface area contributed by atoms with Gasteiger partial charge >= 0.3 is 33.2 Å². The average molecular weight is 162 g/mol. The zero-order valence-corrected chi connectivity index (χ0v) is 4.80. The van der Waals surface area contributed by atoms with Gasteiger partial charge < -0.3 is 12.3 Å². The number of hydrogen-bond acceptors (Lipinski definition) is 0. The summed E-state index contributed by atoms with van der Waals surface area (Å²) in [4.78, 5) is 0. The van der Waals surface area contributed by atoms with Gasteiger partial charge in [-0.1, -0.05) is 0 Å². The average Bonchev–Trinajstić information content (AvgIpc) is 0.918. The SMILES string of the molecule is [Cl][Co][Cl].[NH2-].[NH2-]. The van der Waals surface area contributed by atoms with Gasteiger partial charge in [0, 0.05) is 0 Å². The van der Waals surface area contributed by atoms with E-state index in [2.05, 4.69) is 0 Å². The van der Waals surface area contributed by atoms with Crippen molar-refractivity contribution in [3.8, 4) is 0 Å². The Bertz CT molecular complexity index is 7.61. The maximum Gasteiger partial charge on any atom is -0.693 e. The molecule has 0 saturated carbocycles. The summed E-state index contributed by atoms with van der Waals surface area (Å²) in [5.74, 6) is 0. The van der Waals surface area contributed by atoms with Crippen molar-refractivity contribution >= 4 is 20.3 Å². The Labute approximate surface area is 45.9 Å². The first kappa shape index (κ1) is 16.7. The fourth-order valence-electron chi connectivity index (χ4n) is 0. The minimum atomic E-state index is 0. The van der Waals surface area contributed by atoms with E-state index < -0.39 is 0 Å². The molecule has 5 heavy (non-hydrogen) atoms. The Morgan fingerprint density at radius 3 is 1.00 bits per heavy atom. The van der Waals surface area contributed by atoms with Gasteiger partial charge in [-0.25, -0.2) is 0 Å². The van der Waals surface area contributed by atoms with E-state index in [0.29, 0.717) is 12.9 Å². The molecular formula is H4Cl2CoN2-2. The van der Waals surface area contributed by atoms with Crippen LogP contribution >= 0.6 is 20.3 Å². The van der Waals surface area contributed by atoms with Gasteiger partial charge in [0.05, 0.1) is 0 Å². The van der Waals surface area contributed by atoms with E-state index in [9.17, 15) is 0 Å². The second-order valence-corrected chi connectivity index (χ2v) is 1.77. The predicted molar refractivity (Wildman–Crippen MR) is 22.3 cm³/mol. The van der Waals surface area contributed by atoms with Crippen molar-refractivity contribution < 1.29 is 12.9 Å². The second kappa shape index (κ2) is 20.0. The van der Waals surface area contributed by atoms with E-state index in [1.54, 1.807) is 0 Å². The zero-order chi connectivity index (χ0) is 2.71. The van der Waals surface area contributed by atoms with E-state index >= 15 is 0 Å². The molecule has 0 aromatic carbocycles. The second-order valence-electron chi connectivity index (χ2n) is 0.0476. The van der Waals surface area contributed by atoms with Crippen LogP contribution in [0.2, 0.25) is 0 Å². The minimum Gasteiger partial charge on any atom is -0.693 e. The standard InChI is InChI=1S/2ClH.Co.2H2N/h2*1H;;2*1H2/q;;+2;2*-1/p-2. The molecule has 0 aliphatic heterocycles. The molecule has 0 fully saturated rings. The van der Waals surface area contributed by atoms with E-state index in [1.165, 1.54) is 0 Å². The summed E-state index contributed by atoms with van der Waals surface area (Å²) in [5, 5.41) is 0. The van der Waals surface area contributed by atoms with Crippen LogP contribution in [0.3, 0.4) is 0 Å². The largest absolute Gasteiger partial charge is 0.693 e. The molecule has 0 aliphatic carbocycles. The van der Waals surface area contributed by atoms with Crippen LogP contribution in [0.15, 0.2) is 0 Å². The van der Waals surface area contributed by atoms with Crippen LogP contribution < -0.4 is 0 Å². The van der Waals surface area contributed by atoms with Crippen LogP contribution in [-0.4, -0.2) is 0 Å². The van der Waals surface area contributed by atoms with Crippen LogP contribution in [0.1, 0.15) is 0 Å². The molecule has 0 amide bonds. The molecule has 0 spiro atoms. The van der Waals surface area contributed by atoms with Crippen molar-refractivity contribution in [1.82, 2.24) is 0 Å². The smallest absolute Gasteiger partial charge is 0.693 e. The fraction of sp³-hybridized carbons (Fsp3) is 0. The summed E-state index contributed by atoms with van der Waals surface area (Å²) < 4.78 is 0. The van der Waals surface area contributed by atoms with E-state index in [-0.39, 0.29) is 12.3 Å². The van der Waals surface area contributed by atoms with Crippen LogP contribution in [-0.2, 0) is 12.9 Å². The maximum absolute atomic E-state index is 4.73. The van der Waals surface area contributed by atoms with Crippen LogP contribution in [0, 0.1) is 0 Å². The Balaban J connectivity index is -0.0000000200. The Kier molecular flexibility index (Phi) is 66.5. The summed E-state index contributed by atoms with van der Waals surface area (Å²) in [6.07, 6.45) is 0. The molecule has 39 valence electrons. The molecule has 4 N–H and O–H groups in total. The van der Waals surface area contributed by atoms with Crippen molar-refractivity contribution in [3.63, 3.8) is 0 Å². The Morgan fingerprint density at radius 1 is 1.00 bits per heavy atom. The van der Waals surface area contributed by atoms with Crippen LogP contribution in [0.25, 0.3) is 12.3 Å². The third-order valence-corrected chi connectivity index (χ3v) is 0. The molecule has 0 rings (SSSR count). The number of hydrogen-bond donors (Lipinski definition) is 0. The molecule has 0 bridgehead atoms. The maximum atomic E-state index is 4.73. The third-order valence-electron chi connectivity index (χ3n) is 0. The molecule has 0 atom stereocenters. The van der Waals surface area contributed by atoms with Gasteiger partial charge in [-0.15, -0.1) is 0 Å². The Hall–Kier alpha value is 1.01. The molecule has 5 heteroatoms. The summed E-state index contributed by atoms with van der Waals surface area (Å²) >= 11 is 0.382. The molecule has 0 aromatic rings. The molecule has 0 aromatic heterocycles. The minimum absolute atomic E-state index is 0. The zero-order valence-electron chi connectivity index (χ0n) is 2.24. The predicted octanol–water partition coefficient (Wildman–Crippen LogP) is 2.81. The van der Waals surface area contributed by atoms with Crippen molar-refractivity contribution in [2.45, 2.75) is 0 Å². The van der Waals surface area contributed by atoms with E-state index in [4.69, 9.17) is 20.3 Å². The van der Waals surface area contributed by atoms with Gasteiger partial charge in [-0.3, -0.25) is 0 Å². The van der Waals surface area contributed by atoms with Gasteiger partial charge in [0.2, 0.25) is 0 Å². The number of nitrogens with two attached hydrogens (primary N) is 2. The Morgan fingerprint density at radius 2 is 1.00 bits per heavy atom. The van der Waals surface area contributed by atoms with Gasteiger partial charge in [-0.05, 0) is 0 Å². The van der Waals surface area contributed by atoms with Crippen molar-refractivity contribution in [2.75, 3.05) is 0 Å². The van der Waals surface area contributed by atoms with Crippen LogP contribution in [0.4, 0.5) is 0 Å². The molecule has 0 saturated heterocycles. The summed E-state index contributed by atoms with van der Waals surface area (Å²) in [6, 6.07) is 0. The summed E-state index contributed by atoms with van der Waals surface area (Å²) in [7, 11) is 9.47.